The van der Waals surface area contributed by atoms with Gasteiger partial charge in [-0.05, 0) is 75.9 Å². The van der Waals surface area contributed by atoms with Crippen molar-refractivity contribution in [1.29, 1.82) is 0 Å². The van der Waals surface area contributed by atoms with Crippen molar-refractivity contribution in [2.45, 2.75) is 45.6 Å². The van der Waals surface area contributed by atoms with Crippen molar-refractivity contribution in [2.24, 2.45) is 10.7 Å². The van der Waals surface area contributed by atoms with E-state index in [9.17, 15) is 0 Å². The van der Waals surface area contributed by atoms with Crippen LogP contribution in [0.25, 0.3) is 11.4 Å². The number of nitrogens with one attached hydrogen (secondary N) is 1. The number of nitrogens with two attached hydrogens (primary N) is 1. The van der Waals surface area contributed by atoms with Gasteiger partial charge in [0.1, 0.15) is 5.84 Å². The first-order valence-electron chi connectivity index (χ1n) is 13.0. The zero-order chi connectivity index (χ0) is 26.0. The second-order valence-corrected chi connectivity index (χ2v) is 9.68. The minimum Gasteiger partial charge on any atom is -0.375 e. The van der Waals surface area contributed by atoms with Crippen LogP contribution in [0.15, 0.2) is 90.0 Å². The third kappa shape index (κ3) is 4.62. The summed E-state index contributed by atoms with van der Waals surface area (Å²) in [4.78, 5) is 14.3. The second kappa shape index (κ2) is 10.2. The van der Waals surface area contributed by atoms with E-state index in [-0.39, 0.29) is 5.54 Å². The van der Waals surface area contributed by atoms with Crippen LogP contribution in [0.2, 0.25) is 0 Å². The van der Waals surface area contributed by atoms with Crippen molar-refractivity contribution in [3.05, 3.63) is 102 Å². The number of allylic oxidation sites excluding steroid dienone is 1. The zero-order valence-corrected chi connectivity index (χ0v) is 21.9. The normalized spacial score (nSPS) is 19.0. The molecule has 7 nitrogen and oxygen atoms in total. The van der Waals surface area contributed by atoms with Crippen molar-refractivity contribution in [1.82, 2.24) is 20.1 Å². The second-order valence-electron chi connectivity index (χ2n) is 9.68. The molecule has 1 saturated carbocycles. The Morgan fingerprint density at radius 3 is 2.49 bits per heavy atom. The van der Waals surface area contributed by atoms with Crippen LogP contribution in [-0.2, 0) is 5.54 Å². The molecule has 190 valence electrons. The molecule has 0 amide bonds. The number of hydrogen-bond acceptors (Lipinski definition) is 5. The number of benzene rings is 1. The largest absolute Gasteiger partial charge is 0.375 e. The zero-order valence-electron chi connectivity index (χ0n) is 21.9. The van der Waals surface area contributed by atoms with Gasteiger partial charge >= 0.3 is 0 Å². The highest BCUT2D eigenvalue weighted by Crippen LogP contribution is 2.41. The van der Waals surface area contributed by atoms with E-state index in [0.717, 1.165) is 65.7 Å². The van der Waals surface area contributed by atoms with E-state index < -0.39 is 0 Å². The molecule has 0 radical (unpaired) electrons. The Labute approximate surface area is 219 Å². The Morgan fingerprint density at radius 1 is 1.16 bits per heavy atom. The van der Waals surface area contributed by atoms with E-state index in [0.29, 0.717) is 5.70 Å². The van der Waals surface area contributed by atoms with Gasteiger partial charge in [0, 0.05) is 53.5 Å². The Hall–Kier alpha value is -3.97. The van der Waals surface area contributed by atoms with Gasteiger partial charge in [0.2, 0.25) is 0 Å². The third-order valence-electron chi connectivity index (χ3n) is 7.55. The van der Waals surface area contributed by atoms with Crippen LogP contribution in [0, 0.1) is 0 Å². The average Bonchev–Trinajstić information content (AvgIpc) is 3.57. The van der Waals surface area contributed by atoms with Crippen molar-refractivity contribution in [3.63, 3.8) is 0 Å². The summed E-state index contributed by atoms with van der Waals surface area (Å²) in [5, 5.41) is 6.95. The number of aromatic amines is 1. The van der Waals surface area contributed by atoms with Crippen molar-refractivity contribution < 1.29 is 0 Å². The molecule has 1 fully saturated rings. The lowest BCUT2D eigenvalue weighted by atomic mass is 9.73. The molecule has 1 aliphatic heterocycles. The van der Waals surface area contributed by atoms with Gasteiger partial charge in [-0.3, -0.25) is 15.0 Å². The Balaban J connectivity index is 1.68. The topological polar surface area (TPSA) is 86.4 Å². The third-order valence-corrected chi connectivity index (χ3v) is 7.55. The summed E-state index contributed by atoms with van der Waals surface area (Å²) in [7, 11) is 0. The quantitative estimate of drug-likeness (QED) is 0.421. The maximum atomic E-state index is 6.63. The minimum atomic E-state index is -0.208. The van der Waals surface area contributed by atoms with Crippen LogP contribution >= 0.6 is 0 Å². The molecule has 1 aromatic carbocycles. The summed E-state index contributed by atoms with van der Waals surface area (Å²) < 4.78 is 0. The molecule has 3 N–H and O–H groups in total. The molecular formula is C30H35N7. The van der Waals surface area contributed by atoms with E-state index in [1.54, 1.807) is 6.20 Å². The lowest BCUT2D eigenvalue weighted by Crippen LogP contribution is -2.43. The van der Waals surface area contributed by atoms with Gasteiger partial charge in [0.25, 0.3) is 0 Å². The first kappa shape index (κ1) is 24.7. The average molecular weight is 494 g/mol. The van der Waals surface area contributed by atoms with Gasteiger partial charge in [0.05, 0.1) is 23.3 Å². The van der Waals surface area contributed by atoms with Gasteiger partial charge in [-0.1, -0.05) is 24.8 Å². The van der Waals surface area contributed by atoms with Crippen molar-refractivity contribution in [2.75, 3.05) is 18.0 Å². The lowest BCUT2D eigenvalue weighted by Gasteiger charge is -2.38. The Morgan fingerprint density at radius 2 is 1.92 bits per heavy atom. The lowest BCUT2D eigenvalue weighted by molar-refractivity contribution is 0.253. The van der Waals surface area contributed by atoms with Gasteiger partial charge < -0.3 is 10.6 Å². The van der Waals surface area contributed by atoms with E-state index in [1.807, 2.05) is 30.6 Å². The van der Waals surface area contributed by atoms with E-state index in [4.69, 9.17) is 15.7 Å². The molecule has 0 unspecified atom stereocenters. The number of amidine groups is 1. The molecule has 0 saturated heterocycles. The Kier molecular flexibility index (Phi) is 6.80. The van der Waals surface area contributed by atoms with Crippen LogP contribution in [0.3, 0.4) is 0 Å². The van der Waals surface area contributed by atoms with Gasteiger partial charge in [-0.25, -0.2) is 4.99 Å². The Bertz CT molecular complexity index is 1340. The summed E-state index contributed by atoms with van der Waals surface area (Å²) in [6, 6.07) is 14.6. The molecule has 3 aromatic rings. The van der Waals surface area contributed by atoms with Crippen LogP contribution in [0.1, 0.15) is 56.9 Å². The van der Waals surface area contributed by atoms with Crippen LogP contribution in [0.5, 0.6) is 0 Å². The standard InChI is InChI=1S/C30H35N7/c1-5-36(6-2)22(4)26-18-28(27-10-7-8-17-32-27)37(29(26)35-21(3)23-19-33-34-20-23)25-13-11-24(12-14-25)30(31)15-9-16-30/h7-8,10-14,17-20H,3,5-6,9,15-16,31H2,1-2,4H3,(H,33,34)/b26-22+,35-29?. The molecule has 2 aromatic heterocycles. The van der Waals surface area contributed by atoms with Crippen LogP contribution in [0.4, 0.5) is 5.69 Å². The van der Waals surface area contributed by atoms with Gasteiger partial charge in [0.15, 0.2) is 0 Å². The van der Waals surface area contributed by atoms with Crippen LogP contribution in [-0.4, -0.2) is 39.0 Å². The number of pyridine rings is 1. The highest BCUT2D eigenvalue weighted by atomic mass is 15.2. The van der Waals surface area contributed by atoms with E-state index in [1.165, 1.54) is 12.0 Å². The molecule has 0 bridgehead atoms. The highest BCUT2D eigenvalue weighted by molar-refractivity contribution is 6.25. The number of H-pyrrole nitrogens is 1. The smallest absolute Gasteiger partial charge is 0.147 e. The molecule has 3 heterocycles. The number of nitrogens with zero attached hydrogens (tertiary/aromatic N) is 5. The number of rotatable bonds is 8. The fourth-order valence-corrected chi connectivity index (χ4v) is 5.10. The number of anilines is 1. The molecular weight excluding hydrogens is 458 g/mol. The number of aromatic nitrogens is 3. The van der Waals surface area contributed by atoms with Crippen LogP contribution < -0.4 is 10.6 Å². The van der Waals surface area contributed by atoms with Crippen molar-refractivity contribution >= 4 is 22.9 Å². The first-order valence-corrected chi connectivity index (χ1v) is 13.0. The predicted molar refractivity (Wildman–Crippen MR) is 152 cm³/mol. The fraction of sp³-hybridized carbons (Fsp3) is 0.300. The molecule has 7 heteroatoms. The summed E-state index contributed by atoms with van der Waals surface area (Å²) in [6.45, 7) is 12.6. The molecule has 1 aliphatic carbocycles. The molecule has 0 spiro atoms. The maximum absolute atomic E-state index is 6.63. The molecule has 0 atom stereocenters. The fourth-order valence-electron chi connectivity index (χ4n) is 5.10. The number of aliphatic imine (C=N–C) groups is 1. The summed E-state index contributed by atoms with van der Waals surface area (Å²) >= 11 is 0. The first-order chi connectivity index (χ1) is 17.9. The predicted octanol–water partition coefficient (Wildman–Crippen LogP) is 5.69. The number of hydrogen-bond donors (Lipinski definition) is 2. The van der Waals surface area contributed by atoms with Gasteiger partial charge in [-0.2, -0.15) is 5.10 Å². The maximum Gasteiger partial charge on any atom is 0.147 e. The highest BCUT2D eigenvalue weighted by Gasteiger charge is 2.35. The summed E-state index contributed by atoms with van der Waals surface area (Å²) in [6.07, 6.45) is 10.8. The molecule has 2 aliphatic rings. The molecule has 37 heavy (non-hydrogen) atoms. The van der Waals surface area contributed by atoms with Gasteiger partial charge in [-0.15, -0.1) is 0 Å². The minimum absolute atomic E-state index is 0.208. The SMILES string of the molecule is C=C(N=C1/C(=C(\C)N(CC)CC)C=C(c2ccccn2)N1c1ccc(C2(N)CCC2)cc1)c1cn[nH]c1. The van der Waals surface area contributed by atoms with E-state index in [2.05, 4.69) is 77.7 Å². The monoisotopic (exact) mass is 493 g/mol. The van der Waals surface area contributed by atoms with E-state index >= 15 is 0 Å². The summed E-state index contributed by atoms with van der Waals surface area (Å²) in [5.74, 6) is 0.815. The van der Waals surface area contributed by atoms with Crippen molar-refractivity contribution in [3.8, 4) is 0 Å². The summed E-state index contributed by atoms with van der Waals surface area (Å²) in [5.41, 5.74) is 14.2. The molecule has 5 rings (SSSR count).